The molecular weight excluding hydrogens is 322 g/mol. The van der Waals surface area contributed by atoms with E-state index in [1.165, 1.54) is 8.87 Å². The summed E-state index contributed by atoms with van der Waals surface area (Å²) in [7, 11) is 3.83. The summed E-state index contributed by atoms with van der Waals surface area (Å²) in [4.78, 5) is 0. The van der Waals surface area contributed by atoms with Crippen molar-refractivity contribution in [1.82, 2.24) is 0 Å². The molecule has 11 heavy (non-hydrogen) atoms. The molecule has 0 amide bonds. The van der Waals surface area contributed by atoms with E-state index >= 15 is 0 Å². The summed E-state index contributed by atoms with van der Waals surface area (Å²) in [5, 5.41) is 0. The van der Waals surface area contributed by atoms with E-state index in [-0.39, 0.29) is 0 Å². The quantitative estimate of drug-likeness (QED) is 0.561. The van der Waals surface area contributed by atoms with Crippen LogP contribution in [0.3, 0.4) is 0 Å². The molecule has 0 aliphatic carbocycles. The van der Waals surface area contributed by atoms with Gasteiger partial charge in [0.25, 0.3) is 0 Å². The van der Waals surface area contributed by atoms with Crippen molar-refractivity contribution in [1.29, 1.82) is 0 Å². The van der Waals surface area contributed by atoms with Crippen LogP contribution < -0.4 is 0 Å². The van der Waals surface area contributed by atoms with E-state index in [2.05, 4.69) is 13.8 Å². The first-order chi connectivity index (χ1) is 5.10. The molecule has 0 saturated carbocycles. The maximum atomic E-state index is 11.7. The van der Waals surface area contributed by atoms with Gasteiger partial charge in [0.15, 0.2) is 0 Å². The molecule has 0 unspecified atom stereocenters. The molecule has 0 atom stereocenters. The molecule has 1 heterocycles. The molecule has 6 heteroatoms. The van der Waals surface area contributed by atoms with Gasteiger partial charge in [-0.3, -0.25) is 0 Å². The van der Waals surface area contributed by atoms with Gasteiger partial charge in [-0.05, 0) is 0 Å². The van der Waals surface area contributed by atoms with Gasteiger partial charge in [-0.25, -0.2) is 0 Å². The van der Waals surface area contributed by atoms with Crippen LogP contribution in [-0.2, 0) is 4.57 Å². The third kappa shape index (κ3) is 2.30. The standard InChI is InChI=1S/2C2H5.CH5OPS3.Sn/c2*1-2;1-6-3(2,4)5;/h2*1H2,2H3;1H3,(H2,2,4,5);/q;;;+2/p-2. The molecule has 0 aromatic carbocycles. The Labute approximate surface area is 81.6 Å². The Morgan fingerprint density at radius 3 is 2.09 bits per heavy atom. The van der Waals surface area contributed by atoms with E-state index in [0.717, 1.165) is 0 Å². The Hall–Kier alpha value is 2.08. The van der Waals surface area contributed by atoms with Gasteiger partial charge in [0, 0.05) is 0 Å². The molecule has 1 aliphatic rings. The van der Waals surface area contributed by atoms with Gasteiger partial charge < -0.3 is 0 Å². The van der Waals surface area contributed by atoms with Crippen LogP contribution in [0.2, 0.25) is 8.87 Å². The van der Waals surface area contributed by atoms with E-state index in [9.17, 15) is 4.57 Å². The van der Waals surface area contributed by atoms with Crippen LogP contribution in [0.1, 0.15) is 13.8 Å². The summed E-state index contributed by atoms with van der Waals surface area (Å²) in [6, 6.07) is 0. The molecule has 0 N–H and O–H groups in total. The van der Waals surface area contributed by atoms with E-state index in [1.807, 2.05) is 23.4 Å². The molecule has 0 aromatic heterocycles. The summed E-state index contributed by atoms with van der Waals surface area (Å²) >= 11 is -0.227. The van der Waals surface area contributed by atoms with Crippen LogP contribution >= 0.6 is 33.3 Å². The maximum absolute atomic E-state index is 11.7. The first-order valence-electron chi connectivity index (χ1n) is 3.67. The minimum absolute atomic E-state index is 1.34. The Morgan fingerprint density at radius 1 is 1.36 bits per heavy atom. The van der Waals surface area contributed by atoms with Gasteiger partial charge in [-0.2, -0.15) is 0 Å². The topological polar surface area (TPSA) is 17.1 Å². The third-order valence-electron chi connectivity index (χ3n) is 1.86. The van der Waals surface area contributed by atoms with E-state index in [0.29, 0.717) is 0 Å². The van der Waals surface area contributed by atoms with Crippen LogP contribution in [-0.4, -0.2) is 21.9 Å². The molecule has 0 aromatic rings. The van der Waals surface area contributed by atoms with E-state index in [1.54, 1.807) is 11.4 Å². The first kappa shape index (κ1) is 11.2. The Balaban J connectivity index is 2.54. The van der Waals surface area contributed by atoms with Crippen LogP contribution in [0.5, 0.6) is 0 Å². The molecule has 1 rings (SSSR count). The van der Waals surface area contributed by atoms with Crippen LogP contribution in [0.25, 0.3) is 0 Å². The van der Waals surface area contributed by atoms with Crippen molar-refractivity contribution < 1.29 is 4.57 Å². The summed E-state index contributed by atoms with van der Waals surface area (Å²) in [6.45, 7) is 4.53. The van der Waals surface area contributed by atoms with Gasteiger partial charge >= 0.3 is 82.4 Å². The van der Waals surface area contributed by atoms with Crippen LogP contribution in [0.4, 0.5) is 0 Å². The first-order valence-corrected chi connectivity index (χ1v) is 21.1. The van der Waals surface area contributed by atoms with Crippen molar-refractivity contribution >= 4 is 48.9 Å². The summed E-state index contributed by atoms with van der Waals surface area (Å²) in [6.07, 6.45) is 1.97. The molecule has 1 aliphatic heterocycles. The zero-order chi connectivity index (χ0) is 8.54. The molecule has 0 radical (unpaired) electrons. The molecule has 1 fully saturated rings. The van der Waals surface area contributed by atoms with Gasteiger partial charge in [0.2, 0.25) is 0 Å². The second-order valence-electron chi connectivity index (χ2n) is 2.43. The van der Waals surface area contributed by atoms with Crippen molar-refractivity contribution in [3.63, 3.8) is 0 Å². The van der Waals surface area contributed by atoms with Crippen LogP contribution in [0.15, 0.2) is 0 Å². The van der Waals surface area contributed by atoms with Gasteiger partial charge in [-0.1, -0.05) is 0 Å². The average Bonchev–Trinajstić information content (AvgIpc) is 1.98. The number of hydrogen-bond acceptors (Lipinski definition) is 4. The monoisotopic (exact) mass is 336 g/mol. The normalized spacial score (nSPS) is 26.1. The molecule has 0 spiro atoms. The fourth-order valence-electron chi connectivity index (χ4n) is 0.997. The van der Waals surface area contributed by atoms with Crippen molar-refractivity contribution in [2.24, 2.45) is 0 Å². The SMILES string of the molecule is C[CH2][Sn]1([CH2]C)[S]P(=O)(SC)[S]1. The predicted octanol–water partition coefficient (Wildman–Crippen LogP) is 4.42. The number of hydrogen-bond donors (Lipinski definition) is 0. The van der Waals surface area contributed by atoms with Gasteiger partial charge in [0.1, 0.15) is 0 Å². The summed E-state index contributed by atoms with van der Waals surface area (Å²) in [5.41, 5.74) is 0. The molecule has 1 nitrogen and oxygen atoms in total. The van der Waals surface area contributed by atoms with Crippen LogP contribution in [0, 0.1) is 0 Å². The zero-order valence-electron chi connectivity index (χ0n) is 6.99. The van der Waals surface area contributed by atoms with E-state index in [4.69, 9.17) is 0 Å². The van der Waals surface area contributed by atoms with Gasteiger partial charge in [-0.15, -0.1) is 0 Å². The minimum atomic E-state index is -1.81. The summed E-state index contributed by atoms with van der Waals surface area (Å²) < 4.78 is 12.6. The van der Waals surface area contributed by atoms with Crippen molar-refractivity contribution in [2.45, 2.75) is 22.7 Å². The Kier molecular flexibility index (Phi) is 4.13. The van der Waals surface area contributed by atoms with Crippen molar-refractivity contribution in [3.8, 4) is 0 Å². The Morgan fingerprint density at radius 2 is 1.82 bits per heavy atom. The summed E-state index contributed by atoms with van der Waals surface area (Å²) in [5.74, 6) is 0. The Bertz CT molecular complexity index is 182. The fraction of sp³-hybridized carbons (Fsp3) is 1.00. The van der Waals surface area contributed by atoms with E-state index < -0.39 is 20.4 Å². The second-order valence-corrected chi connectivity index (χ2v) is 43.8. The molecule has 66 valence electrons. The molecule has 0 bridgehead atoms. The molecule has 1 saturated heterocycles. The fourth-order valence-corrected chi connectivity index (χ4v) is 104. The predicted molar refractivity (Wildman–Crippen MR) is 63.0 cm³/mol. The van der Waals surface area contributed by atoms with Crippen molar-refractivity contribution in [3.05, 3.63) is 0 Å². The third-order valence-corrected chi connectivity index (χ3v) is 80.3. The van der Waals surface area contributed by atoms with Gasteiger partial charge in [0.05, 0.1) is 0 Å². The average molecular weight is 335 g/mol. The molecular formula is C5H13OPS3Sn. The second kappa shape index (κ2) is 4.07. The zero-order valence-corrected chi connectivity index (χ0v) is 13.2. The van der Waals surface area contributed by atoms with Crippen molar-refractivity contribution in [2.75, 3.05) is 6.26 Å². The number of rotatable bonds is 3.